The molecule has 1 aromatic carbocycles. The fourth-order valence-electron chi connectivity index (χ4n) is 4.43. The van der Waals surface area contributed by atoms with Gasteiger partial charge in [-0.15, -0.1) is 0 Å². The Hall–Kier alpha value is -2.27. The van der Waals surface area contributed by atoms with Crippen molar-refractivity contribution in [3.8, 4) is 5.75 Å². The molecule has 0 N–H and O–H groups in total. The fraction of sp³-hybridized carbons (Fsp3) is 0.730. The molecule has 4 atom stereocenters. The SMILES string of the molecule is C[C@H](C/C=C/[C@H](C)C/C=C/[C@H](C)[C@@H](C)OCc1ccc(OCCCC(F)(F)C(F)(F)C(F)(F)C(F)(F)C(F)(F)C(F)(F)F)cc1)CO[Si](C)(C)C(C)(C)C. The van der Waals surface area contributed by atoms with E-state index in [4.69, 9.17) is 13.9 Å². The van der Waals surface area contributed by atoms with Crippen LogP contribution in [0.15, 0.2) is 48.6 Å². The summed E-state index contributed by atoms with van der Waals surface area (Å²) < 4.78 is 190. The maximum absolute atomic E-state index is 14.0. The van der Waals surface area contributed by atoms with Crippen molar-refractivity contribution in [3.05, 3.63) is 54.1 Å². The van der Waals surface area contributed by atoms with Crippen molar-refractivity contribution in [2.24, 2.45) is 17.8 Å². The highest BCUT2D eigenvalue weighted by Gasteiger charge is 2.90. The number of hydrogen-bond donors (Lipinski definition) is 0. The van der Waals surface area contributed by atoms with E-state index < -0.39 is 63.6 Å². The minimum atomic E-state index is -7.91. The Bertz CT molecular complexity index is 1340. The highest BCUT2D eigenvalue weighted by molar-refractivity contribution is 6.74. The summed E-state index contributed by atoms with van der Waals surface area (Å²) in [6, 6.07) is 5.77. The first-order valence-electron chi connectivity index (χ1n) is 17.5. The molecular weight excluding hydrogens is 767 g/mol. The molecule has 1 rings (SSSR count). The maximum atomic E-state index is 14.0. The summed E-state index contributed by atoms with van der Waals surface area (Å²) in [6.45, 7) is 19.4. The molecule has 0 fully saturated rings. The summed E-state index contributed by atoms with van der Waals surface area (Å²) in [4.78, 5) is 0. The zero-order valence-corrected chi connectivity index (χ0v) is 33.0. The third-order valence-corrected chi connectivity index (χ3v) is 14.1. The van der Waals surface area contributed by atoms with Gasteiger partial charge in [0.25, 0.3) is 0 Å². The molecule has 0 saturated carbocycles. The van der Waals surface area contributed by atoms with E-state index in [1.807, 2.05) is 13.8 Å². The second-order valence-electron chi connectivity index (χ2n) is 15.5. The van der Waals surface area contributed by atoms with Crippen LogP contribution >= 0.6 is 0 Å². The Balaban J connectivity index is 2.56. The van der Waals surface area contributed by atoms with Gasteiger partial charge in [0.2, 0.25) is 0 Å². The molecule has 0 unspecified atom stereocenters. The van der Waals surface area contributed by atoms with Crippen LogP contribution in [-0.4, -0.2) is 63.4 Å². The van der Waals surface area contributed by atoms with Gasteiger partial charge in [-0.3, -0.25) is 0 Å². The average Bonchev–Trinajstić information content (AvgIpc) is 3.03. The minimum Gasteiger partial charge on any atom is -0.494 e. The lowest BCUT2D eigenvalue weighted by molar-refractivity contribution is -0.440. The van der Waals surface area contributed by atoms with Crippen molar-refractivity contribution in [1.29, 1.82) is 0 Å². The van der Waals surface area contributed by atoms with Crippen LogP contribution < -0.4 is 4.74 Å². The molecule has 0 radical (unpaired) electrons. The Kier molecular flexibility index (Phi) is 17.3. The normalized spacial score (nSPS) is 16.9. The summed E-state index contributed by atoms with van der Waals surface area (Å²) in [5, 5.41) is 0.169. The van der Waals surface area contributed by atoms with Crippen LogP contribution in [0.1, 0.15) is 79.7 Å². The van der Waals surface area contributed by atoms with Gasteiger partial charge in [-0.25, -0.2) is 0 Å². The second kappa shape index (κ2) is 18.8. The van der Waals surface area contributed by atoms with Crippen LogP contribution in [0.4, 0.5) is 57.1 Å². The van der Waals surface area contributed by atoms with E-state index >= 15 is 0 Å². The molecular formula is C37H53F13O3Si. The third-order valence-electron chi connectivity index (χ3n) is 9.56. The lowest BCUT2D eigenvalue weighted by atomic mass is 9.92. The Morgan fingerprint density at radius 3 is 1.72 bits per heavy atom. The van der Waals surface area contributed by atoms with Crippen molar-refractivity contribution in [2.75, 3.05) is 13.2 Å². The molecule has 17 heteroatoms. The van der Waals surface area contributed by atoms with Crippen molar-refractivity contribution in [3.63, 3.8) is 0 Å². The standard InChI is InChI=1S/C37H53F13O3Si/c1-25(13-10-15-26(2)23-53-54(8,9)31(5,6)7)14-11-16-27(3)28(4)52-24-29-17-19-30(20-18-29)51-22-12-21-32(38,39)33(40,41)34(42,43)35(44,45)36(46,47)37(48,49)50/h10-11,13,16-20,25-28H,12,14-15,21-24H2,1-9H3/b13-10+,16-11+/t25-,26+,27-,28+/m0/s1. The number of benzene rings is 1. The fourth-order valence-corrected chi connectivity index (χ4v) is 5.56. The molecule has 0 aliphatic carbocycles. The summed E-state index contributed by atoms with van der Waals surface area (Å²) in [5.74, 6) is -36.0. The largest absolute Gasteiger partial charge is 0.494 e. The zero-order valence-electron chi connectivity index (χ0n) is 32.0. The monoisotopic (exact) mass is 820 g/mol. The van der Waals surface area contributed by atoms with E-state index in [0.29, 0.717) is 17.4 Å². The molecule has 0 saturated heterocycles. The summed E-state index contributed by atoms with van der Waals surface area (Å²) in [7, 11) is -1.78. The van der Waals surface area contributed by atoms with E-state index in [9.17, 15) is 57.1 Å². The molecule has 3 nitrogen and oxygen atoms in total. The molecule has 314 valence electrons. The Morgan fingerprint density at radius 1 is 0.685 bits per heavy atom. The van der Waals surface area contributed by atoms with Crippen LogP contribution in [0.5, 0.6) is 5.75 Å². The second-order valence-corrected chi connectivity index (χ2v) is 20.3. The lowest BCUT2D eigenvalue weighted by Crippen LogP contribution is -2.70. The summed E-state index contributed by atoms with van der Waals surface area (Å²) in [6.07, 6.45) is -0.789. The van der Waals surface area contributed by atoms with E-state index in [1.54, 1.807) is 0 Å². The topological polar surface area (TPSA) is 27.7 Å². The molecule has 1 aromatic rings. The lowest BCUT2D eigenvalue weighted by Gasteiger charge is -2.39. The van der Waals surface area contributed by atoms with Crippen LogP contribution in [0.25, 0.3) is 0 Å². The number of alkyl halides is 13. The van der Waals surface area contributed by atoms with Crippen LogP contribution in [-0.2, 0) is 15.8 Å². The zero-order chi connectivity index (χ0) is 42.2. The third kappa shape index (κ3) is 12.6. The number of allylic oxidation sites excluding steroid dienone is 3. The first-order valence-corrected chi connectivity index (χ1v) is 20.4. The maximum Gasteiger partial charge on any atom is 0.460 e. The van der Waals surface area contributed by atoms with E-state index in [-0.39, 0.29) is 29.4 Å². The van der Waals surface area contributed by atoms with Gasteiger partial charge in [0.05, 0.1) is 19.3 Å². The van der Waals surface area contributed by atoms with E-state index in [0.717, 1.165) is 19.4 Å². The number of rotatable bonds is 22. The van der Waals surface area contributed by atoms with Crippen LogP contribution in [0.3, 0.4) is 0 Å². The van der Waals surface area contributed by atoms with E-state index in [1.165, 1.54) is 24.3 Å². The summed E-state index contributed by atoms with van der Waals surface area (Å²) >= 11 is 0. The molecule has 0 aliphatic heterocycles. The summed E-state index contributed by atoms with van der Waals surface area (Å²) in [5.41, 5.74) is 0.665. The molecule has 0 heterocycles. The number of halogens is 13. The average molecular weight is 821 g/mol. The highest BCUT2D eigenvalue weighted by Crippen LogP contribution is 2.60. The van der Waals surface area contributed by atoms with Gasteiger partial charge >= 0.3 is 35.8 Å². The van der Waals surface area contributed by atoms with Crippen molar-refractivity contribution < 1.29 is 71.0 Å². The van der Waals surface area contributed by atoms with Gasteiger partial charge in [-0.1, -0.05) is 78.0 Å². The van der Waals surface area contributed by atoms with Gasteiger partial charge in [0.15, 0.2) is 8.32 Å². The van der Waals surface area contributed by atoms with Gasteiger partial charge in [0, 0.05) is 13.0 Å². The predicted molar refractivity (Wildman–Crippen MR) is 184 cm³/mol. The smallest absolute Gasteiger partial charge is 0.460 e. The Morgan fingerprint density at radius 2 is 1.20 bits per heavy atom. The van der Waals surface area contributed by atoms with Gasteiger partial charge in [0.1, 0.15) is 5.75 Å². The first kappa shape index (κ1) is 49.7. The van der Waals surface area contributed by atoms with Crippen molar-refractivity contribution in [2.45, 2.75) is 141 Å². The molecule has 0 bridgehead atoms. The first-order chi connectivity index (χ1) is 24.2. The molecule has 0 aliphatic rings. The Labute approximate surface area is 310 Å². The molecule has 0 spiro atoms. The van der Waals surface area contributed by atoms with Crippen LogP contribution in [0.2, 0.25) is 18.1 Å². The highest BCUT2D eigenvalue weighted by atomic mass is 28.4. The van der Waals surface area contributed by atoms with E-state index in [2.05, 4.69) is 72.0 Å². The van der Waals surface area contributed by atoms with Gasteiger partial charge in [-0.05, 0) is 79.8 Å². The molecule has 54 heavy (non-hydrogen) atoms. The molecule has 0 aromatic heterocycles. The number of hydrogen-bond acceptors (Lipinski definition) is 3. The number of ether oxygens (including phenoxy) is 2. The van der Waals surface area contributed by atoms with Gasteiger partial charge in [-0.2, -0.15) is 57.1 Å². The van der Waals surface area contributed by atoms with Crippen molar-refractivity contribution in [1.82, 2.24) is 0 Å². The van der Waals surface area contributed by atoms with Gasteiger partial charge < -0.3 is 13.9 Å². The molecule has 0 amide bonds. The van der Waals surface area contributed by atoms with Crippen molar-refractivity contribution >= 4 is 8.32 Å². The van der Waals surface area contributed by atoms with Crippen LogP contribution in [0, 0.1) is 17.8 Å². The predicted octanol–water partition coefficient (Wildman–Crippen LogP) is 13.3. The minimum absolute atomic E-state index is 0.0111. The quantitative estimate of drug-likeness (QED) is 0.0505.